The molecule has 1 aromatic rings. The molecule has 1 atom stereocenters. The molecule has 2 rings (SSSR count). The zero-order valence-corrected chi connectivity index (χ0v) is 8.36. The summed E-state index contributed by atoms with van der Waals surface area (Å²) in [7, 11) is 1.79. The summed E-state index contributed by atoms with van der Waals surface area (Å²) in [5.41, 5.74) is 0. The summed E-state index contributed by atoms with van der Waals surface area (Å²) in [4.78, 5) is 26.5. The highest BCUT2D eigenvalue weighted by atomic mass is 16.2. The van der Waals surface area contributed by atoms with Gasteiger partial charge >= 0.3 is 0 Å². The molecule has 0 aliphatic carbocycles. The van der Waals surface area contributed by atoms with Gasteiger partial charge in [-0.3, -0.25) is 14.9 Å². The minimum atomic E-state index is -0.422. The third-order valence-corrected chi connectivity index (χ3v) is 2.37. The molecule has 6 nitrogen and oxygen atoms in total. The fourth-order valence-corrected chi connectivity index (χ4v) is 1.49. The van der Waals surface area contributed by atoms with Gasteiger partial charge in [0.15, 0.2) is 0 Å². The summed E-state index contributed by atoms with van der Waals surface area (Å²) >= 11 is 0. The predicted molar refractivity (Wildman–Crippen MR) is 53.0 cm³/mol. The number of amides is 2. The van der Waals surface area contributed by atoms with E-state index in [4.69, 9.17) is 0 Å². The molecule has 1 fully saturated rings. The van der Waals surface area contributed by atoms with Gasteiger partial charge in [-0.25, -0.2) is 4.98 Å². The van der Waals surface area contributed by atoms with Crippen molar-refractivity contribution in [3.63, 3.8) is 0 Å². The van der Waals surface area contributed by atoms with E-state index in [9.17, 15) is 9.59 Å². The predicted octanol–water partition coefficient (Wildman–Crippen LogP) is -0.363. The average Bonchev–Trinajstić information content (AvgIpc) is 2.77. The second-order valence-electron chi connectivity index (χ2n) is 3.51. The number of nitrogens with zero attached hydrogens (tertiary/aromatic N) is 2. The lowest BCUT2D eigenvalue weighted by molar-refractivity contribution is -0.122. The zero-order valence-electron chi connectivity index (χ0n) is 8.36. The number of aromatic nitrogens is 2. The summed E-state index contributed by atoms with van der Waals surface area (Å²) < 4.78 is 1.70. The Balaban J connectivity index is 1.98. The van der Waals surface area contributed by atoms with E-state index in [0.717, 1.165) is 0 Å². The molecule has 0 spiro atoms. The van der Waals surface area contributed by atoms with Crippen LogP contribution < -0.4 is 10.6 Å². The molecule has 0 saturated carbocycles. The maximum atomic E-state index is 11.6. The van der Waals surface area contributed by atoms with Gasteiger partial charge in [-0.2, -0.15) is 0 Å². The minimum absolute atomic E-state index is 0.0741. The largest absolute Gasteiger partial charge is 0.344 e. The number of rotatable bonds is 2. The van der Waals surface area contributed by atoms with E-state index in [1.165, 1.54) is 0 Å². The number of imidazole rings is 1. The van der Waals surface area contributed by atoms with Crippen LogP contribution in [0.1, 0.15) is 12.8 Å². The maximum absolute atomic E-state index is 11.6. The van der Waals surface area contributed by atoms with E-state index in [-0.39, 0.29) is 11.8 Å². The van der Waals surface area contributed by atoms with Crippen LogP contribution in [0.2, 0.25) is 0 Å². The van der Waals surface area contributed by atoms with E-state index >= 15 is 0 Å². The number of carbonyl (C=O) groups is 2. The van der Waals surface area contributed by atoms with Crippen LogP contribution in [0.5, 0.6) is 0 Å². The normalized spacial score (nSPS) is 20.1. The molecule has 0 bridgehead atoms. The molecule has 15 heavy (non-hydrogen) atoms. The summed E-state index contributed by atoms with van der Waals surface area (Å²) in [6.07, 6.45) is 4.30. The number of carbonyl (C=O) groups excluding carboxylic acids is 2. The smallest absolute Gasteiger partial charge is 0.249 e. The molecule has 0 aromatic carbocycles. The first-order valence-corrected chi connectivity index (χ1v) is 4.74. The van der Waals surface area contributed by atoms with E-state index < -0.39 is 6.04 Å². The maximum Gasteiger partial charge on any atom is 0.249 e. The van der Waals surface area contributed by atoms with E-state index in [0.29, 0.717) is 18.8 Å². The molecule has 2 amide bonds. The summed E-state index contributed by atoms with van der Waals surface area (Å²) in [6.45, 7) is 0. The van der Waals surface area contributed by atoms with Crippen LogP contribution in [-0.2, 0) is 16.6 Å². The summed E-state index contributed by atoms with van der Waals surface area (Å²) in [6, 6.07) is -0.422. The van der Waals surface area contributed by atoms with Crippen molar-refractivity contribution in [1.82, 2.24) is 14.9 Å². The minimum Gasteiger partial charge on any atom is -0.344 e. The molecule has 0 radical (unpaired) electrons. The Labute approximate surface area is 86.7 Å². The molecule has 1 aliphatic heterocycles. The highest BCUT2D eigenvalue weighted by molar-refractivity contribution is 5.98. The lowest BCUT2D eigenvalue weighted by Crippen LogP contribution is -2.37. The second-order valence-corrected chi connectivity index (χ2v) is 3.51. The van der Waals surface area contributed by atoms with Gasteiger partial charge in [0.2, 0.25) is 17.8 Å². The fraction of sp³-hybridized carbons (Fsp3) is 0.444. The number of hydrogen-bond acceptors (Lipinski definition) is 3. The average molecular weight is 208 g/mol. The van der Waals surface area contributed by atoms with E-state index in [1.807, 2.05) is 0 Å². The first kappa shape index (κ1) is 9.70. The Morgan fingerprint density at radius 3 is 3.07 bits per heavy atom. The van der Waals surface area contributed by atoms with Crippen molar-refractivity contribution in [2.75, 3.05) is 5.32 Å². The van der Waals surface area contributed by atoms with Crippen LogP contribution in [0.4, 0.5) is 5.95 Å². The van der Waals surface area contributed by atoms with Crippen LogP contribution in [0, 0.1) is 0 Å². The topological polar surface area (TPSA) is 76.0 Å². The van der Waals surface area contributed by atoms with Crippen LogP contribution >= 0.6 is 0 Å². The van der Waals surface area contributed by atoms with E-state index in [1.54, 1.807) is 24.0 Å². The Morgan fingerprint density at radius 1 is 1.73 bits per heavy atom. The van der Waals surface area contributed by atoms with Crippen LogP contribution in [0.15, 0.2) is 12.4 Å². The Bertz CT molecular complexity index is 399. The quantitative estimate of drug-likeness (QED) is 0.696. The van der Waals surface area contributed by atoms with Crippen molar-refractivity contribution < 1.29 is 9.59 Å². The fourth-order valence-electron chi connectivity index (χ4n) is 1.49. The van der Waals surface area contributed by atoms with Crippen molar-refractivity contribution in [2.24, 2.45) is 7.05 Å². The molecular formula is C9H12N4O2. The summed E-state index contributed by atoms with van der Waals surface area (Å²) in [5, 5.41) is 5.25. The Kier molecular flexibility index (Phi) is 2.40. The van der Waals surface area contributed by atoms with Crippen molar-refractivity contribution in [2.45, 2.75) is 18.9 Å². The highest BCUT2D eigenvalue weighted by Crippen LogP contribution is 2.09. The van der Waals surface area contributed by atoms with Crippen molar-refractivity contribution in [3.05, 3.63) is 12.4 Å². The first-order chi connectivity index (χ1) is 7.16. The van der Waals surface area contributed by atoms with Crippen molar-refractivity contribution in [1.29, 1.82) is 0 Å². The number of aryl methyl sites for hydroxylation is 1. The molecular weight excluding hydrogens is 196 g/mol. The van der Waals surface area contributed by atoms with Gasteiger partial charge in [0, 0.05) is 25.9 Å². The molecule has 1 aliphatic rings. The standard InChI is InChI=1S/C9H12N4O2/c1-13-5-4-10-9(13)12-8(15)6-2-3-7(14)11-6/h4-6H,2-3H2,1H3,(H,11,14)(H,10,12,15). The molecule has 2 heterocycles. The van der Waals surface area contributed by atoms with Gasteiger partial charge in [0.05, 0.1) is 0 Å². The Hall–Kier alpha value is -1.85. The third-order valence-electron chi connectivity index (χ3n) is 2.37. The van der Waals surface area contributed by atoms with E-state index in [2.05, 4.69) is 15.6 Å². The van der Waals surface area contributed by atoms with Crippen LogP contribution in [-0.4, -0.2) is 27.4 Å². The summed E-state index contributed by atoms with van der Waals surface area (Å²) in [5.74, 6) is 0.200. The van der Waals surface area contributed by atoms with Gasteiger partial charge in [-0.1, -0.05) is 0 Å². The second kappa shape index (κ2) is 3.72. The molecule has 80 valence electrons. The van der Waals surface area contributed by atoms with Gasteiger partial charge in [0.1, 0.15) is 6.04 Å². The number of anilines is 1. The zero-order chi connectivity index (χ0) is 10.8. The molecule has 6 heteroatoms. The first-order valence-electron chi connectivity index (χ1n) is 4.74. The van der Waals surface area contributed by atoms with Crippen LogP contribution in [0.25, 0.3) is 0 Å². The lowest BCUT2D eigenvalue weighted by Gasteiger charge is -2.09. The third kappa shape index (κ3) is 1.98. The number of nitrogens with one attached hydrogen (secondary N) is 2. The molecule has 1 unspecified atom stereocenters. The molecule has 1 aromatic heterocycles. The molecule has 2 N–H and O–H groups in total. The van der Waals surface area contributed by atoms with Crippen molar-refractivity contribution in [3.8, 4) is 0 Å². The molecule has 1 saturated heterocycles. The van der Waals surface area contributed by atoms with Crippen molar-refractivity contribution >= 4 is 17.8 Å². The van der Waals surface area contributed by atoms with Crippen LogP contribution in [0.3, 0.4) is 0 Å². The highest BCUT2D eigenvalue weighted by Gasteiger charge is 2.27. The van der Waals surface area contributed by atoms with Gasteiger partial charge in [0.25, 0.3) is 0 Å². The lowest BCUT2D eigenvalue weighted by atomic mass is 10.2. The monoisotopic (exact) mass is 208 g/mol. The van der Waals surface area contributed by atoms with Gasteiger partial charge < -0.3 is 9.88 Å². The number of hydrogen-bond donors (Lipinski definition) is 2. The Morgan fingerprint density at radius 2 is 2.53 bits per heavy atom. The SMILES string of the molecule is Cn1ccnc1NC(=O)C1CCC(=O)N1. The van der Waals surface area contributed by atoms with Gasteiger partial charge in [-0.05, 0) is 6.42 Å². The van der Waals surface area contributed by atoms with Gasteiger partial charge in [-0.15, -0.1) is 0 Å².